The van der Waals surface area contributed by atoms with Crippen LogP contribution in [-0.4, -0.2) is 24.3 Å². The Balaban J connectivity index is 1.87. The first kappa shape index (κ1) is 21.1. The van der Waals surface area contributed by atoms with E-state index in [1.807, 2.05) is 0 Å². The van der Waals surface area contributed by atoms with E-state index in [4.69, 9.17) is 4.74 Å². The summed E-state index contributed by atoms with van der Waals surface area (Å²) in [7, 11) is 0. The lowest BCUT2D eigenvalue weighted by molar-refractivity contribution is -0.149. The third kappa shape index (κ3) is 5.88. The van der Waals surface area contributed by atoms with Crippen molar-refractivity contribution in [1.29, 1.82) is 0 Å². The molecule has 0 aliphatic heterocycles. The molecule has 0 bridgehead atoms. The van der Waals surface area contributed by atoms with Gasteiger partial charge in [-0.25, -0.2) is 4.39 Å². The van der Waals surface area contributed by atoms with Gasteiger partial charge in [-0.3, -0.25) is 14.4 Å². The highest BCUT2D eigenvalue weighted by Crippen LogP contribution is 2.40. The topological polar surface area (TPSA) is 72.5 Å². The molecule has 148 valence electrons. The van der Waals surface area contributed by atoms with Crippen LogP contribution < -0.4 is 5.32 Å². The molecule has 1 aliphatic carbocycles. The highest BCUT2D eigenvalue weighted by atomic mass is 19.1. The average molecular weight is 377 g/mol. The molecule has 0 radical (unpaired) electrons. The molecular formula is C21H28FNO4. The van der Waals surface area contributed by atoms with Crippen molar-refractivity contribution in [3.63, 3.8) is 0 Å². The van der Waals surface area contributed by atoms with Crippen LogP contribution in [0.15, 0.2) is 18.2 Å². The van der Waals surface area contributed by atoms with Crippen LogP contribution in [0.3, 0.4) is 0 Å². The van der Waals surface area contributed by atoms with Crippen molar-refractivity contribution in [3.8, 4) is 0 Å². The summed E-state index contributed by atoms with van der Waals surface area (Å²) >= 11 is 0. The van der Waals surface area contributed by atoms with Crippen LogP contribution in [0.2, 0.25) is 0 Å². The van der Waals surface area contributed by atoms with E-state index in [0.29, 0.717) is 5.92 Å². The van der Waals surface area contributed by atoms with Gasteiger partial charge < -0.3 is 10.1 Å². The molecule has 1 saturated carbocycles. The summed E-state index contributed by atoms with van der Waals surface area (Å²) in [5, 5.41) is 2.44. The van der Waals surface area contributed by atoms with Crippen LogP contribution >= 0.6 is 0 Å². The largest absolute Gasteiger partial charge is 0.457 e. The molecule has 0 atom stereocenters. The van der Waals surface area contributed by atoms with E-state index in [1.54, 1.807) is 0 Å². The second-order valence-corrected chi connectivity index (χ2v) is 8.32. The van der Waals surface area contributed by atoms with Gasteiger partial charge in [0.15, 0.2) is 6.61 Å². The molecule has 0 aromatic heterocycles. The molecule has 1 aliphatic rings. The van der Waals surface area contributed by atoms with E-state index >= 15 is 0 Å². The monoisotopic (exact) mass is 377 g/mol. The van der Waals surface area contributed by atoms with Crippen LogP contribution in [0, 0.1) is 23.1 Å². The fourth-order valence-electron chi connectivity index (χ4n) is 3.55. The fraction of sp³-hybridized carbons (Fsp3) is 0.571. The first-order chi connectivity index (χ1) is 12.6. The molecule has 0 spiro atoms. The Morgan fingerprint density at radius 1 is 1.15 bits per heavy atom. The summed E-state index contributed by atoms with van der Waals surface area (Å²) in [6.07, 6.45) is 3.45. The van der Waals surface area contributed by atoms with Crippen molar-refractivity contribution < 1.29 is 23.5 Å². The smallest absolute Gasteiger partial charge is 0.309 e. The minimum atomic E-state index is -0.756. The number of esters is 1. The molecule has 1 amide bonds. The molecule has 5 nitrogen and oxygen atoms in total. The van der Waals surface area contributed by atoms with Crippen molar-refractivity contribution in [3.05, 3.63) is 29.6 Å². The maximum Gasteiger partial charge on any atom is 0.309 e. The number of amides is 1. The molecule has 6 heteroatoms. The van der Waals surface area contributed by atoms with E-state index in [2.05, 4.69) is 26.1 Å². The maximum absolute atomic E-state index is 14.1. The zero-order chi connectivity index (χ0) is 20.2. The fourth-order valence-corrected chi connectivity index (χ4v) is 3.55. The Labute approximate surface area is 159 Å². The van der Waals surface area contributed by atoms with Gasteiger partial charge in [0, 0.05) is 12.6 Å². The molecule has 0 saturated heterocycles. The van der Waals surface area contributed by atoms with Crippen molar-refractivity contribution >= 4 is 23.3 Å². The number of ether oxygens (including phenoxy) is 1. The van der Waals surface area contributed by atoms with Gasteiger partial charge >= 0.3 is 5.97 Å². The van der Waals surface area contributed by atoms with Crippen molar-refractivity contribution in [1.82, 2.24) is 0 Å². The van der Waals surface area contributed by atoms with Gasteiger partial charge in [0.25, 0.3) is 0 Å². The van der Waals surface area contributed by atoms with Crippen LogP contribution in [0.4, 0.5) is 10.1 Å². The summed E-state index contributed by atoms with van der Waals surface area (Å²) in [6.45, 7) is 7.46. The minimum absolute atomic E-state index is 0.159. The van der Waals surface area contributed by atoms with Gasteiger partial charge in [0.05, 0.1) is 11.5 Å². The van der Waals surface area contributed by atoms with Gasteiger partial charge in [-0.1, -0.05) is 20.8 Å². The molecule has 27 heavy (non-hydrogen) atoms. The lowest BCUT2D eigenvalue weighted by Gasteiger charge is -2.36. The Hall–Kier alpha value is -2.24. The zero-order valence-corrected chi connectivity index (χ0v) is 16.4. The summed E-state index contributed by atoms with van der Waals surface area (Å²) in [4.78, 5) is 35.4. The second kappa shape index (κ2) is 8.63. The highest BCUT2D eigenvalue weighted by molar-refractivity contribution is 5.99. The number of ketones is 1. The predicted molar refractivity (Wildman–Crippen MR) is 101 cm³/mol. The Bertz CT molecular complexity index is 715. The first-order valence-electron chi connectivity index (χ1n) is 9.35. The summed E-state index contributed by atoms with van der Waals surface area (Å²) < 4.78 is 19.2. The predicted octanol–water partition coefficient (Wildman–Crippen LogP) is 4.36. The van der Waals surface area contributed by atoms with Crippen LogP contribution in [0.1, 0.15) is 63.7 Å². The lowest BCUT2D eigenvalue weighted by atomic mass is 9.70. The molecule has 2 rings (SSSR count). The van der Waals surface area contributed by atoms with Crippen LogP contribution in [-0.2, 0) is 14.3 Å². The van der Waals surface area contributed by atoms with Gasteiger partial charge in [0.2, 0.25) is 11.7 Å². The van der Waals surface area contributed by atoms with E-state index in [9.17, 15) is 18.8 Å². The third-order valence-corrected chi connectivity index (χ3v) is 5.22. The second-order valence-electron chi connectivity index (χ2n) is 8.32. The Morgan fingerprint density at radius 3 is 2.30 bits per heavy atom. The van der Waals surface area contributed by atoms with E-state index in [-0.39, 0.29) is 34.5 Å². The third-order valence-electron chi connectivity index (χ3n) is 5.22. The zero-order valence-electron chi connectivity index (χ0n) is 16.4. The number of anilines is 1. The quantitative estimate of drug-likeness (QED) is 0.611. The average Bonchev–Trinajstić information content (AvgIpc) is 2.58. The van der Waals surface area contributed by atoms with Crippen molar-refractivity contribution in [2.24, 2.45) is 17.3 Å². The molecule has 0 unspecified atom stereocenters. The van der Waals surface area contributed by atoms with Gasteiger partial charge in [-0.15, -0.1) is 0 Å². The number of carbonyl (C=O) groups excluding carboxylic acids is 3. The maximum atomic E-state index is 14.1. The number of benzene rings is 1. The van der Waals surface area contributed by atoms with Gasteiger partial charge in [-0.05, 0) is 55.2 Å². The first-order valence-corrected chi connectivity index (χ1v) is 9.35. The summed E-state index contributed by atoms with van der Waals surface area (Å²) in [6, 6.07) is 3.79. The van der Waals surface area contributed by atoms with E-state index in [0.717, 1.165) is 31.7 Å². The molecule has 1 N–H and O–H groups in total. The van der Waals surface area contributed by atoms with Gasteiger partial charge in [0.1, 0.15) is 5.82 Å². The summed E-state index contributed by atoms with van der Waals surface area (Å²) in [5.74, 6) is -1.68. The van der Waals surface area contributed by atoms with E-state index in [1.165, 1.54) is 19.1 Å². The van der Waals surface area contributed by atoms with Gasteiger partial charge in [-0.2, -0.15) is 0 Å². The van der Waals surface area contributed by atoms with Crippen LogP contribution in [0.5, 0.6) is 0 Å². The number of carbonyl (C=O) groups is 3. The molecule has 1 aromatic rings. The number of nitrogens with one attached hydrogen (secondary N) is 1. The SMILES string of the molecule is CC(=O)Nc1ccc(C(=O)COC(=O)C2CCC(C(C)(C)C)CC2)c(F)c1. The highest BCUT2D eigenvalue weighted by Gasteiger charge is 2.33. The lowest BCUT2D eigenvalue weighted by Crippen LogP contribution is -2.30. The number of hydrogen-bond donors (Lipinski definition) is 1. The molecule has 0 heterocycles. The molecule has 1 fully saturated rings. The van der Waals surface area contributed by atoms with E-state index < -0.39 is 18.2 Å². The molecule has 1 aromatic carbocycles. The summed E-state index contributed by atoms with van der Waals surface area (Å²) in [5.41, 5.74) is 0.337. The number of rotatable bonds is 5. The van der Waals surface area contributed by atoms with Crippen molar-refractivity contribution in [2.45, 2.75) is 53.4 Å². The Morgan fingerprint density at radius 2 is 1.78 bits per heavy atom. The van der Waals surface area contributed by atoms with Crippen molar-refractivity contribution in [2.75, 3.05) is 11.9 Å². The number of hydrogen-bond acceptors (Lipinski definition) is 4. The normalized spacial score (nSPS) is 20.0. The minimum Gasteiger partial charge on any atom is -0.457 e. The standard InChI is InChI=1S/C21H28FNO4/c1-13(24)23-16-9-10-17(18(22)11-16)19(25)12-27-20(26)14-5-7-15(8-6-14)21(2,3)4/h9-11,14-15H,5-8,12H2,1-4H3,(H,23,24). The number of Topliss-reactive ketones (excluding diaryl/α,β-unsaturated/α-hetero) is 1. The molecular weight excluding hydrogens is 349 g/mol. The Kier molecular flexibility index (Phi) is 6.73. The number of halogens is 1. The van der Waals surface area contributed by atoms with Crippen LogP contribution in [0.25, 0.3) is 0 Å².